The predicted octanol–water partition coefficient (Wildman–Crippen LogP) is 7.38. The van der Waals surface area contributed by atoms with Crippen LogP contribution in [0.4, 0.5) is 42.5 Å². The number of hydrogen-bond acceptors (Lipinski definition) is 8. The van der Waals surface area contributed by atoms with Gasteiger partial charge in [0.05, 0.1) is 32.0 Å². The van der Waals surface area contributed by atoms with Crippen molar-refractivity contribution in [2.24, 2.45) is 0 Å². The molecular formula is C32H34ClF6N5O5. The van der Waals surface area contributed by atoms with Crippen molar-refractivity contribution in [1.29, 1.82) is 0 Å². The summed E-state index contributed by atoms with van der Waals surface area (Å²) in [4.78, 5) is 29.1. The van der Waals surface area contributed by atoms with Gasteiger partial charge in [0.1, 0.15) is 5.56 Å². The van der Waals surface area contributed by atoms with E-state index in [-0.39, 0.29) is 39.4 Å². The number of nitrogens with zero attached hydrogens (tertiary/aromatic N) is 5. The summed E-state index contributed by atoms with van der Waals surface area (Å²) >= 11 is 6.39. The first-order valence-corrected chi connectivity index (χ1v) is 16.0. The number of rotatable bonds is 8. The lowest BCUT2D eigenvalue weighted by Gasteiger charge is -2.41. The lowest BCUT2D eigenvalue weighted by atomic mass is 9.99. The maximum atomic E-state index is 14.2. The van der Waals surface area contributed by atoms with Crippen molar-refractivity contribution < 1.29 is 50.1 Å². The summed E-state index contributed by atoms with van der Waals surface area (Å²) in [6, 6.07) is 11.5. The number of aromatic nitrogens is 2. The molecule has 0 bridgehead atoms. The van der Waals surface area contributed by atoms with Gasteiger partial charge in [-0.25, -0.2) is 9.59 Å². The maximum Gasteiger partial charge on any atom is 0.524 e. The van der Waals surface area contributed by atoms with Gasteiger partial charge >= 0.3 is 24.6 Å². The SMILES string of the molecule is CCOC(=O)c1cnn(C2CCCN(c3cc(Cl)ccc3-c3ccc(N4CCN(C(=O)OCC)C(OC(F)(F)F)C4)cc3)C2)c1C(F)(F)F. The van der Waals surface area contributed by atoms with Crippen LogP contribution in [0.2, 0.25) is 5.02 Å². The van der Waals surface area contributed by atoms with Crippen LogP contribution >= 0.6 is 11.6 Å². The maximum absolute atomic E-state index is 14.2. The molecule has 5 rings (SSSR count). The molecule has 10 nitrogen and oxygen atoms in total. The first-order valence-electron chi connectivity index (χ1n) is 15.6. The van der Waals surface area contributed by atoms with E-state index in [1.54, 1.807) is 54.3 Å². The number of alkyl halides is 6. The number of benzene rings is 2. The monoisotopic (exact) mass is 717 g/mol. The third-order valence-corrected chi connectivity index (χ3v) is 8.49. The Balaban J connectivity index is 1.38. The van der Waals surface area contributed by atoms with Gasteiger partial charge < -0.3 is 19.3 Å². The van der Waals surface area contributed by atoms with Crippen LogP contribution in [0, 0.1) is 0 Å². The van der Waals surface area contributed by atoms with E-state index in [0.29, 0.717) is 35.8 Å². The van der Waals surface area contributed by atoms with E-state index >= 15 is 0 Å². The van der Waals surface area contributed by atoms with Crippen LogP contribution in [-0.4, -0.2) is 85.3 Å². The zero-order chi connectivity index (χ0) is 35.5. The fourth-order valence-corrected chi connectivity index (χ4v) is 6.34. The number of piperazine rings is 1. The summed E-state index contributed by atoms with van der Waals surface area (Å²) in [7, 11) is 0. The molecule has 2 unspecified atom stereocenters. The second kappa shape index (κ2) is 14.7. The molecule has 0 aliphatic carbocycles. The Hall–Kier alpha value is -4.18. The van der Waals surface area contributed by atoms with Gasteiger partial charge in [0, 0.05) is 48.1 Å². The van der Waals surface area contributed by atoms with E-state index in [2.05, 4.69) is 9.84 Å². The van der Waals surface area contributed by atoms with E-state index in [0.717, 1.165) is 26.9 Å². The van der Waals surface area contributed by atoms with Crippen molar-refractivity contribution in [3.8, 4) is 11.1 Å². The molecule has 266 valence electrons. The molecule has 0 N–H and O–H groups in total. The molecule has 0 saturated carbocycles. The number of anilines is 2. The van der Waals surface area contributed by atoms with Crippen LogP contribution in [0.25, 0.3) is 11.1 Å². The minimum atomic E-state index is -4.98. The highest BCUT2D eigenvalue weighted by Crippen LogP contribution is 2.40. The Kier molecular flexibility index (Phi) is 10.9. The molecule has 1 aromatic heterocycles. The molecule has 2 fully saturated rings. The first-order chi connectivity index (χ1) is 23.2. The van der Waals surface area contributed by atoms with E-state index < -0.39 is 48.1 Å². The minimum absolute atomic E-state index is 0.00172. The normalized spacial score (nSPS) is 18.8. The molecule has 49 heavy (non-hydrogen) atoms. The summed E-state index contributed by atoms with van der Waals surface area (Å²) in [5.41, 5.74) is 0.904. The standard InChI is InChI=1S/C32H34ClF6N5O5/c1-3-47-29(45)25-17-40-44(28(25)31(34,35)36)23-6-5-13-42(18-23)26-16-21(33)9-12-24(26)20-7-10-22(11-8-20)41-14-15-43(30(46)48-4-2)27(19-41)49-32(37,38)39/h7-12,16-17,23,27H,3-6,13-15,18-19H2,1-2H3. The van der Waals surface area contributed by atoms with Gasteiger partial charge in [-0.05, 0) is 56.5 Å². The molecule has 0 radical (unpaired) electrons. The molecule has 2 aromatic carbocycles. The van der Waals surface area contributed by atoms with Crippen molar-refractivity contribution in [3.63, 3.8) is 0 Å². The van der Waals surface area contributed by atoms with Crippen molar-refractivity contribution >= 4 is 35.0 Å². The van der Waals surface area contributed by atoms with Crippen molar-refractivity contribution in [3.05, 3.63) is 64.9 Å². The Morgan fingerprint density at radius 3 is 2.29 bits per heavy atom. The van der Waals surface area contributed by atoms with Gasteiger partial charge in [-0.15, -0.1) is 13.2 Å². The van der Waals surface area contributed by atoms with Crippen molar-refractivity contribution in [2.45, 2.75) is 51.5 Å². The number of halogens is 7. The van der Waals surface area contributed by atoms with Gasteiger partial charge in [-0.2, -0.15) is 18.3 Å². The fourth-order valence-electron chi connectivity index (χ4n) is 6.17. The van der Waals surface area contributed by atoms with Crippen LogP contribution in [0.5, 0.6) is 0 Å². The molecule has 2 aliphatic rings. The van der Waals surface area contributed by atoms with Gasteiger partial charge in [0.15, 0.2) is 11.9 Å². The molecule has 2 atom stereocenters. The second-order valence-corrected chi connectivity index (χ2v) is 11.8. The Morgan fingerprint density at radius 2 is 1.63 bits per heavy atom. The quantitative estimate of drug-likeness (QED) is 0.176. The number of carbonyl (C=O) groups excluding carboxylic acids is 2. The van der Waals surface area contributed by atoms with Crippen LogP contribution < -0.4 is 9.80 Å². The zero-order valence-corrected chi connectivity index (χ0v) is 27.3. The van der Waals surface area contributed by atoms with Gasteiger partial charge in [0.2, 0.25) is 0 Å². The van der Waals surface area contributed by atoms with Crippen molar-refractivity contribution in [2.75, 3.05) is 55.7 Å². The molecule has 2 aliphatic heterocycles. The highest BCUT2D eigenvalue weighted by atomic mass is 35.5. The highest BCUT2D eigenvalue weighted by Gasteiger charge is 2.43. The molecule has 1 amide bonds. The molecular weight excluding hydrogens is 684 g/mol. The molecule has 0 spiro atoms. The van der Waals surface area contributed by atoms with E-state index in [1.165, 1.54) is 6.92 Å². The molecule has 2 saturated heterocycles. The van der Waals surface area contributed by atoms with Gasteiger partial charge in [0.25, 0.3) is 0 Å². The summed E-state index contributed by atoms with van der Waals surface area (Å²) in [6.45, 7) is 3.53. The topological polar surface area (TPSA) is 89.4 Å². The number of ether oxygens (including phenoxy) is 3. The third kappa shape index (κ3) is 8.35. The fraction of sp³-hybridized carbons (Fsp3) is 0.469. The van der Waals surface area contributed by atoms with Crippen LogP contribution in [-0.2, 0) is 20.4 Å². The number of amides is 1. The van der Waals surface area contributed by atoms with Crippen LogP contribution in [0.1, 0.15) is 48.8 Å². The lowest BCUT2D eigenvalue weighted by Crippen LogP contribution is -2.57. The largest absolute Gasteiger partial charge is 0.524 e. The predicted molar refractivity (Wildman–Crippen MR) is 167 cm³/mol. The average Bonchev–Trinajstić information content (AvgIpc) is 3.51. The molecule has 3 heterocycles. The summed E-state index contributed by atoms with van der Waals surface area (Å²) in [5, 5.41) is 4.39. The molecule has 17 heteroatoms. The minimum Gasteiger partial charge on any atom is -0.462 e. The third-order valence-electron chi connectivity index (χ3n) is 8.25. The zero-order valence-electron chi connectivity index (χ0n) is 26.6. The Labute approximate surface area is 283 Å². The van der Waals surface area contributed by atoms with Crippen molar-refractivity contribution in [1.82, 2.24) is 14.7 Å². The number of hydrogen-bond donors (Lipinski definition) is 0. The number of piperidine rings is 1. The van der Waals surface area contributed by atoms with E-state index in [9.17, 15) is 35.9 Å². The number of carbonyl (C=O) groups is 2. The van der Waals surface area contributed by atoms with E-state index in [1.807, 2.05) is 4.90 Å². The smallest absolute Gasteiger partial charge is 0.462 e. The summed E-state index contributed by atoms with van der Waals surface area (Å²) in [5.74, 6) is -1.10. The van der Waals surface area contributed by atoms with Gasteiger partial charge in [-0.3, -0.25) is 14.3 Å². The van der Waals surface area contributed by atoms with Crippen LogP contribution in [0.3, 0.4) is 0 Å². The van der Waals surface area contributed by atoms with Crippen LogP contribution in [0.15, 0.2) is 48.7 Å². The lowest BCUT2D eigenvalue weighted by molar-refractivity contribution is -0.356. The summed E-state index contributed by atoms with van der Waals surface area (Å²) in [6.07, 6.45) is -10.5. The number of esters is 1. The van der Waals surface area contributed by atoms with Gasteiger partial charge in [-0.1, -0.05) is 29.8 Å². The first kappa shape index (κ1) is 36.1. The summed E-state index contributed by atoms with van der Waals surface area (Å²) < 4.78 is 97.1. The Morgan fingerprint density at radius 1 is 0.918 bits per heavy atom. The molecule has 3 aromatic rings. The van der Waals surface area contributed by atoms with E-state index in [4.69, 9.17) is 21.1 Å². The average molecular weight is 718 g/mol. The Bertz CT molecular complexity index is 1630. The highest BCUT2D eigenvalue weighted by molar-refractivity contribution is 6.31. The second-order valence-electron chi connectivity index (χ2n) is 11.4.